The molecular weight excluding hydrogens is 445 g/mol. The van der Waals surface area contributed by atoms with Gasteiger partial charge in [0.15, 0.2) is 0 Å². The molecule has 3 rings (SSSR count). The van der Waals surface area contributed by atoms with Crippen molar-refractivity contribution in [2.75, 3.05) is 39.8 Å². The fourth-order valence-electron chi connectivity index (χ4n) is 3.23. The van der Waals surface area contributed by atoms with E-state index in [1.807, 2.05) is 14.0 Å². The van der Waals surface area contributed by atoms with E-state index in [0.717, 1.165) is 18.7 Å². The summed E-state index contributed by atoms with van der Waals surface area (Å²) in [6.07, 6.45) is 0. The monoisotopic (exact) mass is 469 g/mol. The first-order valence-electron chi connectivity index (χ1n) is 9.64. The number of halogens is 2. The number of likely N-dealkylation sites (N-methyl/N-ethyl adjacent to an activating group) is 1. The minimum atomic E-state index is -3.90. The summed E-state index contributed by atoms with van der Waals surface area (Å²) in [5.74, 6) is -0.219. The van der Waals surface area contributed by atoms with Gasteiger partial charge in [-0.05, 0) is 43.8 Å². The fourth-order valence-corrected chi connectivity index (χ4v) is 5.07. The second-order valence-corrected chi connectivity index (χ2v) is 10.3. The van der Waals surface area contributed by atoms with Crippen LogP contribution in [-0.2, 0) is 21.4 Å². The van der Waals surface area contributed by atoms with E-state index in [-0.39, 0.29) is 23.9 Å². The quantitative estimate of drug-likeness (QED) is 0.651. The number of hydrogen-bond acceptors (Lipinski definition) is 4. The van der Waals surface area contributed by atoms with Gasteiger partial charge in [-0.15, -0.1) is 0 Å². The van der Waals surface area contributed by atoms with Gasteiger partial charge < -0.3 is 9.80 Å². The first-order valence-corrected chi connectivity index (χ1v) is 11.8. The third-order valence-corrected chi connectivity index (χ3v) is 7.58. The maximum Gasteiger partial charge on any atom is 0.243 e. The van der Waals surface area contributed by atoms with Crippen LogP contribution in [0.1, 0.15) is 11.1 Å². The van der Waals surface area contributed by atoms with Gasteiger partial charge in [0.1, 0.15) is 0 Å². The van der Waals surface area contributed by atoms with Crippen molar-refractivity contribution in [3.8, 4) is 0 Å². The van der Waals surface area contributed by atoms with Gasteiger partial charge in [0.05, 0.1) is 11.4 Å². The average molecular weight is 470 g/mol. The SMILES string of the molecule is Cc1ccc(S(=O)(=O)N(CC(=O)N2CCN(C)CC2)Cc2ccc(Cl)cc2Cl)cc1. The van der Waals surface area contributed by atoms with Crippen molar-refractivity contribution in [2.45, 2.75) is 18.4 Å². The molecule has 1 amide bonds. The highest BCUT2D eigenvalue weighted by Gasteiger charge is 2.30. The smallest absolute Gasteiger partial charge is 0.243 e. The van der Waals surface area contributed by atoms with Crippen molar-refractivity contribution in [2.24, 2.45) is 0 Å². The minimum Gasteiger partial charge on any atom is -0.339 e. The van der Waals surface area contributed by atoms with Crippen molar-refractivity contribution in [1.29, 1.82) is 0 Å². The summed E-state index contributed by atoms with van der Waals surface area (Å²) < 4.78 is 27.9. The predicted molar refractivity (Wildman–Crippen MR) is 119 cm³/mol. The molecule has 0 saturated carbocycles. The largest absolute Gasteiger partial charge is 0.339 e. The Hall–Kier alpha value is -1.64. The molecule has 0 unspecified atom stereocenters. The number of sulfonamides is 1. The van der Waals surface area contributed by atoms with Crippen molar-refractivity contribution in [3.63, 3.8) is 0 Å². The molecule has 0 atom stereocenters. The lowest BCUT2D eigenvalue weighted by molar-refractivity contribution is -0.133. The Morgan fingerprint density at radius 3 is 2.27 bits per heavy atom. The Kier molecular flexibility index (Phi) is 7.42. The number of benzene rings is 2. The maximum absolute atomic E-state index is 13.4. The van der Waals surface area contributed by atoms with Gasteiger partial charge in [-0.3, -0.25) is 4.79 Å². The molecule has 1 aliphatic rings. The van der Waals surface area contributed by atoms with Gasteiger partial charge in [0, 0.05) is 42.8 Å². The number of aryl methyl sites for hydroxylation is 1. The highest BCUT2D eigenvalue weighted by molar-refractivity contribution is 7.89. The summed E-state index contributed by atoms with van der Waals surface area (Å²) in [6.45, 7) is 4.30. The third kappa shape index (κ3) is 5.53. The number of carbonyl (C=O) groups is 1. The van der Waals surface area contributed by atoms with Gasteiger partial charge >= 0.3 is 0 Å². The van der Waals surface area contributed by atoms with Crippen LogP contribution in [0.25, 0.3) is 0 Å². The average Bonchev–Trinajstić information content (AvgIpc) is 2.70. The van der Waals surface area contributed by atoms with Gasteiger partial charge in [-0.2, -0.15) is 4.31 Å². The van der Waals surface area contributed by atoms with Crippen molar-refractivity contribution in [1.82, 2.24) is 14.1 Å². The second kappa shape index (κ2) is 9.66. The lowest BCUT2D eigenvalue weighted by atomic mass is 10.2. The molecular formula is C21H25Cl2N3O3S. The van der Waals surface area contributed by atoms with Crippen LogP contribution in [0.4, 0.5) is 0 Å². The number of rotatable bonds is 6. The zero-order valence-electron chi connectivity index (χ0n) is 17.0. The van der Waals surface area contributed by atoms with E-state index < -0.39 is 10.0 Å². The molecule has 1 aliphatic heterocycles. The Labute approximate surface area is 188 Å². The standard InChI is InChI=1S/C21H25Cl2N3O3S/c1-16-3-7-19(8-4-16)30(28,29)26(14-17-5-6-18(22)13-20(17)23)15-21(27)25-11-9-24(2)10-12-25/h3-8,13H,9-12,14-15H2,1-2H3. The first-order chi connectivity index (χ1) is 14.2. The molecule has 0 radical (unpaired) electrons. The van der Waals surface area contributed by atoms with Crippen LogP contribution in [0.15, 0.2) is 47.4 Å². The maximum atomic E-state index is 13.4. The molecule has 0 spiro atoms. The summed E-state index contributed by atoms with van der Waals surface area (Å²) in [4.78, 5) is 16.9. The molecule has 0 aromatic heterocycles. The minimum absolute atomic E-state index is 0.0221. The van der Waals surface area contributed by atoms with Crippen molar-refractivity contribution >= 4 is 39.1 Å². The van der Waals surface area contributed by atoms with E-state index in [9.17, 15) is 13.2 Å². The summed E-state index contributed by atoms with van der Waals surface area (Å²) in [7, 11) is -1.91. The van der Waals surface area contributed by atoms with Crippen molar-refractivity contribution < 1.29 is 13.2 Å². The molecule has 2 aromatic rings. The number of piperazine rings is 1. The first kappa shape index (κ1) is 23.0. The van der Waals surface area contributed by atoms with E-state index in [2.05, 4.69) is 4.90 Å². The number of nitrogens with zero attached hydrogens (tertiary/aromatic N) is 3. The van der Waals surface area contributed by atoms with E-state index in [1.165, 1.54) is 4.31 Å². The highest BCUT2D eigenvalue weighted by Crippen LogP contribution is 2.25. The molecule has 1 saturated heterocycles. The third-order valence-electron chi connectivity index (χ3n) is 5.19. The molecule has 0 bridgehead atoms. The van der Waals surface area contributed by atoms with Gasteiger partial charge in [0.25, 0.3) is 0 Å². The molecule has 1 heterocycles. The molecule has 0 N–H and O–H groups in total. The normalized spacial score (nSPS) is 15.6. The van der Waals surface area contributed by atoms with Crippen molar-refractivity contribution in [3.05, 3.63) is 63.6 Å². The van der Waals surface area contributed by atoms with E-state index in [0.29, 0.717) is 28.7 Å². The Balaban J connectivity index is 1.89. The number of hydrogen-bond donors (Lipinski definition) is 0. The predicted octanol–water partition coefficient (Wildman–Crippen LogP) is 3.27. The lowest BCUT2D eigenvalue weighted by Crippen LogP contribution is -2.50. The van der Waals surface area contributed by atoms with Crippen LogP contribution in [-0.4, -0.2) is 68.2 Å². The van der Waals surface area contributed by atoms with Crippen LogP contribution in [0, 0.1) is 6.92 Å². The van der Waals surface area contributed by atoms with Gasteiger partial charge in [-0.1, -0.05) is 47.0 Å². The zero-order valence-corrected chi connectivity index (χ0v) is 19.3. The molecule has 162 valence electrons. The Morgan fingerprint density at radius 2 is 1.67 bits per heavy atom. The molecule has 0 aliphatic carbocycles. The molecule has 6 nitrogen and oxygen atoms in total. The van der Waals surface area contributed by atoms with Crippen LogP contribution in [0.5, 0.6) is 0 Å². The second-order valence-electron chi connectivity index (χ2n) is 7.51. The molecule has 1 fully saturated rings. The number of amides is 1. The van der Waals surface area contributed by atoms with Crippen LogP contribution >= 0.6 is 23.2 Å². The molecule has 30 heavy (non-hydrogen) atoms. The van der Waals surface area contributed by atoms with Crippen LogP contribution in [0.3, 0.4) is 0 Å². The summed E-state index contributed by atoms with van der Waals surface area (Å²) in [6, 6.07) is 11.5. The topological polar surface area (TPSA) is 60.9 Å². The van der Waals surface area contributed by atoms with Crippen LogP contribution in [0.2, 0.25) is 10.0 Å². The summed E-state index contributed by atoms with van der Waals surface area (Å²) in [5, 5.41) is 0.823. The molecule has 2 aromatic carbocycles. The summed E-state index contributed by atoms with van der Waals surface area (Å²) >= 11 is 12.3. The molecule has 9 heteroatoms. The number of carbonyl (C=O) groups excluding carboxylic acids is 1. The van der Waals surface area contributed by atoms with Gasteiger partial charge in [0.2, 0.25) is 15.9 Å². The fraction of sp³-hybridized carbons (Fsp3) is 0.381. The van der Waals surface area contributed by atoms with E-state index in [4.69, 9.17) is 23.2 Å². The van der Waals surface area contributed by atoms with Gasteiger partial charge in [-0.25, -0.2) is 8.42 Å². The van der Waals surface area contributed by atoms with E-state index >= 15 is 0 Å². The zero-order chi connectivity index (χ0) is 21.9. The Bertz CT molecular complexity index is 1000. The highest BCUT2D eigenvalue weighted by atomic mass is 35.5. The van der Waals surface area contributed by atoms with Crippen LogP contribution < -0.4 is 0 Å². The summed E-state index contributed by atoms with van der Waals surface area (Å²) in [5.41, 5.74) is 1.54. The lowest BCUT2D eigenvalue weighted by Gasteiger charge is -2.34. The Morgan fingerprint density at radius 1 is 1.03 bits per heavy atom. The van der Waals surface area contributed by atoms with E-state index in [1.54, 1.807) is 47.4 Å².